The lowest BCUT2D eigenvalue weighted by molar-refractivity contribution is -0.151. The minimum absolute atomic E-state index is 0.000469. The van der Waals surface area contributed by atoms with Gasteiger partial charge in [-0.2, -0.15) is 0 Å². The maximum Gasteiger partial charge on any atom is 0.311 e. The number of carbonyl (C=O) groups is 3. The first kappa shape index (κ1) is 20.6. The zero-order valence-corrected chi connectivity index (χ0v) is 16.9. The number of nitrogens with one attached hydrogen (secondary N) is 1. The highest BCUT2D eigenvalue weighted by atomic mass is 35.5. The average molecular weight is 408 g/mol. The number of amides is 2. The number of likely N-dealkylation sites (tertiary alicyclic amines) is 1. The molecule has 1 aromatic rings. The number of nitrogens with zero attached hydrogens (tertiary/aromatic N) is 2. The maximum atomic E-state index is 12.5. The third-order valence-electron chi connectivity index (χ3n) is 5.93. The fourth-order valence-corrected chi connectivity index (χ4v) is 4.29. The van der Waals surface area contributed by atoms with Gasteiger partial charge in [0.2, 0.25) is 5.91 Å². The lowest BCUT2D eigenvalue weighted by Gasteiger charge is -2.39. The molecule has 0 bridgehead atoms. The zero-order chi connectivity index (χ0) is 20.3. The Labute approximate surface area is 169 Å². The van der Waals surface area contributed by atoms with Crippen molar-refractivity contribution in [2.24, 2.45) is 17.8 Å². The van der Waals surface area contributed by atoms with E-state index in [9.17, 15) is 14.4 Å². The molecular weight excluding hydrogens is 382 g/mol. The van der Waals surface area contributed by atoms with Gasteiger partial charge in [0.15, 0.2) is 11.8 Å². The standard InChI is InChI=1S/C20H26ClN3O4/c1-12-5-3-7-16(13(12)2)24-10-14(9-18(24)26)20(27)28-11-17(25)23-15-6-4-8-22-19(15)21/h4,6,8,12-14,16H,3,5,7,9-11H2,1-2H3,(H,23,25)/t12-,13+,14+,16-/m0/s1. The monoisotopic (exact) mass is 407 g/mol. The molecule has 1 aliphatic heterocycles. The smallest absolute Gasteiger partial charge is 0.311 e. The van der Waals surface area contributed by atoms with Gasteiger partial charge in [-0.1, -0.05) is 38.3 Å². The van der Waals surface area contributed by atoms with Crippen molar-refractivity contribution in [1.29, 1.82) is 0 Å². The molecule has 152 valence electrons. The number of hydrogen-bond donors (Lipinski definition) is 1. The van der Waals surface area contributed by atoms with Gasteiger partial charge in [0.05, 0.1) is 11.6 Å². The topological polar surface area (TPSA) is 88.6 Å². The van der Waals surface area contributed by atoms with Gasteiger partial charge in [-0.15, -0.1) is 0 Å². The number of rotatable bonds is 5. The lowest BCUT2D eigenvalue weighted by atomic mass is 9.77. The van der Waals surface area contributed by atoms with Crippen molar-refractivity contribution in [2.75, 3.05) is 18.5 Å². The van der Waals surface area contributed by atoms with Crippen LogP contribution in [0, 0.1) is 17.8 Å². The summed E-state index contributed by atoms with van der Waals surface area (Å²) in [5, 5.41) is 2.71. The fraction of sp³-hybridized carbons (Fsp3) is 0.600. The Bertz CT molecular complexity index is 757. The first-order valence-electron chi connectivity index (χ1n) is 9.73. The largest absolute Gasteiger partial charge is 0.455 e. The highest BCUT2D eigenvalue weighted by Crippen LogP contribution is 2.35. The number of esters is 1. The average Bonchev–Trinajstić information content (AvgIpc) is 3.05. The van der Waals surface area contributed by atoms with E-state index in [0.29, 0.717) is 24.1 Å². The Morgan fingerprint density at radius 1 is 1.36 bits per heavy atom. The molecule has 2 heterocycles. The molecule has 0 unspecified atom stereocenters. The van der Waals surface area contributed by atoms with Gasteiger partial charge in [-0.25, -0.2) is 4.98 Å². The van der Waals surface area contributed by atoms with Crippen LogP contribution in [0.3, 0.4) is 0 Å². The van der Waals surface area contributed by atoms with Gasteiger partial charge >= 0.3 is 5.97 Å². The molecule has 2 fully saturated rings. The molecule has 1 saturated carbocycles. The summed E-state index contributed by atoms with van der Waals surface area (Å²) in [5.41, 5.74) is 0.354. The molecule has 2 aliphatic rings. The van der Waals surface area contributed by atoms with E-state index in [1.165, 1.54) is 12.6 Å². The molecule has 1 aliphatic carbocycles. The Kier molecular flexibility index (Phi) is 6.54. The number of halogens is 1. The van der Waals surface area contributed by atoms with Crippen molar-refractivity contribution < 1.29 is 19.1 Å². The van der Waals surface area contributed by atoms with E-state index >= 15 is 0 Å². The molecule has 4 atom stereocenters. The summed E-state index contributed by atoms with van der Waals surface area (Å²) in [6.45, 7) is 4.35. The number of hydrogen-bond acceptors (Lipinski definition) is 5. The Balaban J connectivity index is 1.50. The van der Waals surface area contributed by atoms with Crippen LogP contribution in [0.2, 0.25) is 5.15 Å². The Hall–Kier alpha value is -2.15. The van der Waals surface area contributed by atoms with E-state index in [-0.39, 0.29) is 23.5 Å². The molecular formula is C20H26ClN3O4. The summed E-state index contributed by atoms with van der Waals surface area (Å²) in [7, 11) is 0. The highest BCUT2D eigenvalue weighted by Gasteiger charge is 2.42. The SMILES string of the molecule is C[C@@H]1[C@@H](C)CCC[C@@H]1N1C[C@H](C(=O)OCC(=O)Nc2cccnc2Cl)CC1=O. The van der Waals surface area contributed by atoms with Gasteiger partial charge in [-0.3, -0.25) is 14.4 Å². The summed E-state index contributed by atoms with van der Waals surface area (Å²) in [4.78, 5) is 42.5. The quantitative estimate of drug-likeness (QED) is 0.598. The van der Waals surface area contributed by atoms with Crippen LogP contribution in [-0.2, 0) is 19.1 Å². The van der Waals surface area contributed by atoms with Crippen molar-refractivity contribution in [2.45, 2.75) is 45.6 Å². The number of ether oxygens (including phenoxy) is 1. The van der Waals surface area contributed by atoms with Crippen LogP contribution < -0.4 is 5.32 Å². The van der Waals surface area contributed by atoms with Crippen LogP contribution in [0.25, 0.3) is 0 Å². The second kappa shape index (κ2) is 8.90. The first-order valence-corrected chi connectivity index (χ1v) is 10.1. The fourth-order valence-electron chi connectivity index (χ4n) is 4.12. The molecule has 7 nitrogen and oxygen atoms in total. The second-order valence-electron chi connectivity index (χ2n) is 7.78. The van der Waals surface area contributed by atoms with Gasteiger partial charge in [-0.05, 0) is 30.4 Å². The van der Waals surface area contributed by atoms with E-state index in [4.69, 9.17) is 16.3 Å². The third kappa shape index (κ3) is 4.63. The molecule has 0 spiro atoms. The summed E-state index contributed by atoms with van der Waals surface area (Å²) in [6, 6.07) is 3.43. The molecule has 8 heteroatoms. The zero-order valence-electron chi connectivity index (χ0n) is 16.2. The normalized spacial score (nSPS) is 27.5. The highest BCUT2D eigenvalue weighted by molar-refractivity contribution is 6.32. The molecule has 28 heavy (non-hydrogen) atoms. The van der Waals surface area contributed by atoms with Gasteiger partial charge in [0.25, 0.3) is 5.91 Å². The van der Waals surface area contributed by atoms with Crippen molar-refractivity contribution >= 4 is 35.1 Å². The van der Waals surface area contributed by atoms with Gasteiger partial charge in [0.1, 0.15) is 0 Å². The van der Waals surface area contributed by atoms with Crippen molar-refractivity contribution in [3.8, 4) is 0 Å². The molecule has 3 rings (SSSR count). The predicted molar refractivity (Wildman–Crippen MR) is 105 cm³/mol. The van der Waals surface area contributed by atoms with Crippen LogP contribution in [-0.4, -0.2) is 46.9 Å². The molecule has 1 aromatic heterocycles. The third-order valence-corrected chi connectivity index (χ3v) is 6.24. The molecule has 1 N–H and O–H groups in total. The number of carbonyl (C=O) groups excluding carboxylic acids is 3. The van der Waals surface area contributed by atoms with Crippen LogP contribution >= 0.6 is 11.6 Å². The maximum absolute atomic E-state index is 12.5. The summed E-state index contributed by atoms with van der Waals surface area (Å²) in [6.07, 6.45) is 4.92. The Morgan fingerprint density at radius 2 is 2.14 bits per heavy atom. The molecule has 1 saturated heterocycles. The molecule has 0 radical (unpaired) electrons. The predicted octanol–water partition coefficient (Wildman–Crippen LogP) is 2.89. The van der Waals surface area contributed by atoms with E-state index < -0.39 is 24.4 Å². The van der Waals surface area contributed by atoms with E-state index in [0.717, 1.165) is 12.8 Å². The first-order chi connectivity index (χ1) is 13.4. The van der Waals surface area contributed by atoms with Crippen LogP contribution in [0.4, 0.5) is 5.69 Å². The van der Waals surface area contributed by atoms with E-state index in [1.54, 1.807) is 12.1 Å². The van der Waals surface area contributed by atoms with E-state index in [2.05, 4.69) is 24.1 Å². The summed E-state index contributed by atoms with van der Waals surface area (Å²) >= 11 is 5.89. The lowest BCUT2D eigenvalue weighted by Crippen LogP contribution is -2.45. The second-order valence-corrected chi connectivity index (χ2v) is 8.14. The van der Waals surface area contributed by atoms with Gasteiger partial charge < -0.3 is 15.0 Å². The van der Waals surface area contributed by atoms with E-state index in [1.807, 2.05) is 4.90 Å². The van der Waals surface area contributed by atoms with Crippen molar-refractivity contribution in [3.63, 3.8) is 0 Å². The van der Waals surface area contributed by atoms with Crippen LogP contribution in [0.15, 0.2) is 18.3 Å². The van der Waals surface area contributed by atoms with Crippen LogP contribution in [0.5, 0.6) is 0 Å². The number of anilines is 1. The van der Waals surface area contributed by atoms with Gasteiger partial charge in [0, 0.05) is 25.2 Å². The number of aromatic nitrogens is 1. The minimum atomic E-state index is -0.522. The molecule has 0 aromatic carbocycles. The number of pyridine rings is 1. The van der Waals surface area contributed by atoms with Crippen molar-refractivity contribution in [3.05, 3.63) is 23.5 Å². The summed E-state index contributed by atoms with van der Waals surface area (Å²) in [5.74, 6) is -0.548. The summed E-state index contributed by atoms with van der Waals surface area (Å²) < 4.78 is 5.14. The minimum Gasteiger partial charge on any atom is -0.455 e. The van der Waals surface area contributed by atoms with Crippen LogP contribution in [0.1, 0.15) is 39.5 Å². The van der Waals surface area contributed by atoms with Crippen molar-refractivity contribution in [1.82, 2.24) is 9.88 Å². The molecule has 2 amide bonds. The Morgan fingerprint density at radius 3 is 2.89 bits per heavy atom.